The van der Waals surface area contributed by atoms with E-state index in [-0.39, 0.29) is 29.5 Å². The van der Waals surface area contributed by atoms with Gasteiger partial charge in [0.1, 0.15) is 5.75 Å². The molecular formula is C36H47N5O5S. The molecule has 0 radical (unpaired) electrons. The lowest BCUT2D eigenvalue weighted by molar-refractivity contribution is -0.145. The predicted octanol–water partition coefficient (Wildman–Crippen LogP) is 4.94. The molecule has 47 heavy (non-hydrogen) atoms. The molecule has 1 N–H and O–H groups in total. The summed E-state index contributed by atoms with van der Waals surface area (Å²) in [6.45, 7) is 6.46. The van der Waals surface area contributed by atoms with Gasteiger partial charge >= 0.3 is 10.2 Å². The standard InChI is InChI=1S/C36H47N5O5S/c1-22-19-39(5)20-23(2)41(22)35(43)36-18-30(36)29-17-26(46-6)13-15-27(29)33-32(24-10-8-7-9-11-24)28-14-12-25(16-31(28)40(33)21-36)34(42)37-47(44,45)38(3)4/h12-17,22-24,30H,7-11,18-21H2,1-6H3,(H,37,42)/t22-,23?,30+,36+/m0/s1. The Labute approximate surface area is 278 Å². The van der Waals surface area contributed by atoms with Gasteiger partial charge in [0.15, 0.2) is 0 Å². The average molecular weight is 662 g/mol. The van der Waals surface area contributed by atoms with Crippen LogP contribution in [0.1, 0.15) is 85.7 Å². The quantitative estimate of drug-likeness (QED) is 0.402. The van der Waals surface area contributed by atoms with Gasteiger partial charge in [-0.05, 0) is 87.5 Å². The first-order chi connectivity index (χ1) is 22.4. The molecule has 2 aliphatic heterocycles. The number of amides is 2. The summed E-state index contributed by atoms with van der Waals surface area (Å²) in [6, 6.07) is 12.0. The van der Waals surface area contributed by atoms with E-state index in [0.717, 1.165) is 70.1 Å². The van der Waals surface area contributed by atoms with Crippen LogP contribution in [0.4, 0.5) is 0 Å². The van der Waals surface area contributed by atoms with E-state index in [9.17, 15) is 18.0 Å². The lowest BCUT2D eigenvalue weighted by Crippen LogP contribution is -2.59. The van der Waals surface area contributed by atoms with E-state index >= 15 is 0 Å². The van der Waals surface area contributed by atoms with Crippen molar-refractivity contribution in [2.24, 2.45) is 5.41 Å². The highest BCUT2D eigenvalue weighted by Crippen LogP contribution is 2.66. The molecule has 0 bridgehead atoms. The molecule has 3 fully saturated rings. The monoisotopic (exact) mass is 661 g/mol. The van der Waals surface area contributed by atoms with Gasteiger partial charge in [-0.15, -0.1) is 0 Å². The largest absolute Gasteiger partial charge is 0.497 e. The lowest BCUT2D eigenvalue weighted by atomic mass is 9.81. The highest BCUT2D eigenvalue weighted by Gasteiger charge is 2.64. The molecule has 4 atom stereocenters. The summed E-state index contributed by atoms with van der Waals surface area (Å²) in [4.78, 5) is 32.7. The Bertz CT molecular complexity index is 1850. The van der Waals surface area contributed by atoms with Crippen molar-refractivity contribution in [3.8, 4) is 17.0 Å². The highest BCUT2D eigenvalue weighted by molar-refractivity contribution is 7.87. The van der Waals surface area contributed by atoms with Crippen molar-refractivity contribution in [3.05, 3.63) is 53.1 Å². The van der Waals surface area contributed by atoms with Crippen molar-refractivity contribution in [2.45, 2.75) is 82.8 Å². The normalized spacial score (nSPS) is 26.4. The first-order valence-corrected chi connectivity index (χ1v) is 18.4. The number of piperazine rings is 1. The Morgan fingerprint density at radius 3 is 2.36 bits per heavy atom. The van der Waals surface area contributed by atoms with Gasteiger partial charge in [-0.25, -0.2) is 4.72 Å². The molecule has 2 amide bonds. The molecule has 2 saturated carbocycles. The summed E-state index contributed by atoms with van der Waals surface area (Å²) in [6.07, 6.45) is 6.48. The minimum Gasteiger partial charge on any atom is -0.497 e. The van der Waals surface area contributed by atoms with Crippen molar-refractivity contribution in [1.29, 1.82) is 0 Å². The first kappa shape index (κ1) is 32.2. The fourth-order valence-electron chi connectivity index (χ4n) is 8.93. The number of carbonyl (C=O) groups excluding carboxylic acids is 2. The van der Waals surface area contributed by atoms with Crippen LogP contribution >= 0.6 is 0 Å². The van der Waals surface area contributed by atoms with Gasteiger partial charge in [0, 0.05) is 73.8 Å². The number of likely N-dealkylation sites (N-methyl/N-ethyl adjacent to an activating group) is 1. The van der Waals surface area contributed by atoms with Crippen LogP contribution in [0.25, 0.3) is 22.2 Å². The Balaban J connectivity index is 1.44. The zero-order valence-electron chi connectivity index (χ0n) is 28.4. The van der Waals surface area contributed by atoms with E-state index in [0.29, 0.717) is 12.5 Å². The van der Waals surface area contributed by atoms with Gasteiger partial charge < -0.3 is 19.1 Å². The second-order valence-electron chi connectivity index (χ2n) is 14.6. The molecule has 0 spiro atoms. The van der Waals surface area contributed by atoms with Gasteiger partial charge in [-0.3, -0.25) is 9.59 Å². The molecule has 7 rings (SSSR count). The van der Waals surface area contributed by atoms with Crippen LogP contribution in [-0.4, -0.2) is 92.3 Å². The maximum Gasteiger partial charge on any atom is 0.303 e. The van der Waals surface area contributed by atoms with Crippen molar-refractivity contribution >= 4 is 32.9 Å². The molecule has 2 aliphatic carbocycles. The summed E-state index contributed by atoms with van der Waals surface area (Å²) in [7, 11) is 2.61. The molecule has 252 valence electrons. The number of benzene rings is 2. The lowest BCUT2D eigenvalue weighted by Gasteiger charge is -2.45. The molecule has 1 saturated heterocycles. The minimum absolute atomic E-state index is 0.0463. The van der Waals surface area contributed by atoms with Gasteiger partial charge in [0.2, 0.25) is 5.91 Å². The smallest absolute Gasteiger partial charge is 0.303 e. The van der Waals surface area contributed by atoms with Crippen LogP contribution in [0.5, 0.6) is 5.75 Å². The van der Waals surface area contributed by atoms with Gasteiger partial charge in [0.25, 0.3) is 5.91 Å². The molecule has 1 aromatic heterocycles. The van der Waals surface area contributed by atoms with Crippen molar-refractivity contribution in [1.82, 2.24) is 23.4 Å². The minimum atomic E-state index is -3.97. The molecule has 1 unspecified atom stereocenters. The Hall–Kier alpha value is -3.41. The number of nitrogens with zero attached hydrogens (tertiary/aromatic N) is 4. The SMILES string of the molecule is COc1ccc2c(c1)[C@H]1C[C@@]1(C(=O)N1C(C)CN(C)C[C@@H]1C)Cn1c-2c(C2CCCCC2)c2ccc(C(=O)NS(=O)(=O)N(C)C)cc21. The van der Waals surface area contributed by atoms with E-state index in [1.54, 1.807) is 13.2 Å². The third-order valence-corrected chi connectivity index (χ3v) is 12.7. The molecule has 10 nitrogen and oxygen atoms in total. The van der Waals surface area contributed by atoms with Crippen LogP contribution in [0, 0.1) is 5.41 Å². The zero-order valence-corrected chi connectivity index (χ0v) is 29.2. The Kier molecular flexibility index (Phi) is 7.96. The van der Waals surface area contributed by atoms with Crippen LogP contribution in [-0.2, 0) is 21.5 Å². The van der Waals surface area contributed by atoms with Crippen LogP contribution in [0.3, 0.4) is 0 Å². The number of aromatic nitrogens is 1. The third-order valence-electron chi connectivity index (χ3n) is 11.2. The fourth-order valence-corrected chi connectivity index (χ4v) is 9.47. The van der Waals surface area contributed by atoms with E-state index in [2.05, 4.69) is 52.1 Å². The topological polar surface area (TPSA) is 104 Å². The Morgan fingerprint density at radius 2 is 1.70 bits per heavy atom. The summed E-state index contributed by atoms with van der Waals surface area (Å²) >= 11 is 0. The number of hydrogen-bond acceptors (Lipinski definition) is 6. The highest BCUT2D eigenvalue weighted by atomic mass is 32.2. The summed E-state index contributed by atoms with van der Waals surface area (Å²) in [5.41, 5.74) is 5.20. The van der Waals surface area contributed by atoms with E-state index in [4.69, 9.17) is 4.74 Å². The van der Waals surface area contributed by atoms with Crippen LogP contribution < -0.4 is 9.46 Å². The van der Waals surface area contributed by atoms with Gasteiger partial charge in [-0.2, -0.15) is 12.7 Å². The molecule has 2 aromatic carbocycles. The summed E-state index contributed by atoms with van der Waals surface area (Å²) in [5, 5.41) is 1.07. The summed E-state index contributed by atoms with van der Waals surface area (Å²) in [5.74, 6) is 0.701. The third kappa shape index (κ3) is 5.25. The van der Waals surface area contributed by atoms with Crippen molar-refractivity contribution in [3.63, 3.8) is 0 Å². The number of ether oxygens (including phenoxy) is 1. The number of hydrogen-bond donors (Lipinski definition) is 1. The summed E-state index contributed by atoms with van der Waals surface area (Å²) < 4.78 is 36.4. The van der Waals surface area contributed by atoms with Crippen molar-refractivity contribution in [2.75, 3.05) is 41.3 Å². The van der Waals surface area contributed by atoms with Crippen LogP contribution in [0.15, 0.2) is 36.4 Å². The second kappa shape index (κ2) is 11.6. The number of fused-ring (bicyclic) bond motifs is 7. The van der Waals surface area contributed by atoms with E-state index in [1.165, 1.54) is 38.9 Å². The maximum atomic E-state index is 14.9. The molecule has 11 heteroatoms. The molecule has 4 aliphatic rings. The Morgan fingerprint density at radius 1 is 1.00 bits per heavy atom. The van der Waals surface area contributed by atoms with Gasteiger partial charge in [0.05, 0.1) is 18.2 Å². The number of nitrogens with one attached hydrogen (secondary N) is 1. The second-order valence-corrected chi connectivity index (χ2v) is 16.5. The van der Waals surface area contributed by atoms with Crippen LogP contribution in [0.2, 0.25) is 0 Å². The van der Waals surface area contributed by atoms with E-state index in [1.807, 2.05) is 18.2 Å². The fraction of sp³-hybridized carbons (Fsp3) is 0.556. The number of carbonyl (C=O) groups is 2. The zero-order chi connectivity index (χ0) is 33.4. The predicted molar refractivity (Wildman–Crippen MR) is 183 cm³/mol. The maximum absolute atomic E-state index is 14.9. The average Bonchev–Trinajstić information content (AvgIpc) is 3.70. The van der Waals surface area contributed by atoms with E-state index < -0.39 is 21.5 Å². The number of methoxy groups -OCH3 is 1. The first-order valence-electron chi connectivity index (χ1n) is 17.0. The molecule has 3 heterocycles. The van der Waals surface area contributed by atoms with Gasteiger partial charge in [-0.1, -0.05) is 25.3 Å². The van der Waals surface area contributed by atoms with Crippen molar-refractivity contribution < 1.29 is 22.7 Å². The molecular weight excluding hydrogens is 614 g/mol. The molecule has 3 aromatic rings. The number of rotatable bonds is 6.